The van der Waals surface area contributed by atoms with Gasteiger partial charge < -0.3 is 20.7 Å². The molecule has 1 aliphatic rings. The zero-order valence-corrected chi connectivity index (χ0v) is 17.6. The number of nitrogens with zero attached hydrogens (tertiary/aromatic N) is 1. The number of likely N-dealkylation sites (tertiary alicyclic amines) is 1. The fraction of sp³-hybridized carbons (Fsp3) is 0.476. The number of anilines is 1. The fourth-order valence-corrected chi connectivity index (χ4v) is 2.77. The molecule has 5 amide bonds. The van der Waals surface area contributed by atoms with Crippen molar-refractivity contribution in [1.29, 1.82) is 0 Å². The van der Waals surface area contributed by atoms with E-state index in [1.807, 2.05) is 0 Å². The number of imide groups is 1. The van der Waals surface area contributed by atoms with Gasteiger partial charge >= 0.3 is 0 Å². The smallest absolute Gasteiger partial charge is 0.233 e. The molecule has 0 spiro atoms. The second-order valence-electron chi connectivity index (χ2n) is 7.09. The molecule has 2 rings (SSSR count). The number of nitrogens with one attached hydrogen (secondary N) is 3. The number of β-lactam (4-membered cyclic amide) rings is 1. The molecule has 168 valence electrons. The molecular formula is C21H28N4O6. The van der Waals surface area contributed by atoms with Crippen molar-refractivity contribution in [1.82, 2.24) is 15.5 Å². The van der Waals surface area contributed by atoms with Crippen LogP contribution in [0.25, 0.3) is 0 Å². The molecule has 10 nitrogen and oxygen atoms in total. The van der Waals surface area contributed by atoms with Crippen LogP contribution in [0, 0.1) is 0 Å². The fourth-order valence-electron chi connectivity index (χ4n) is 2.77. The van der Waals surface area contributed by atoms with Gasteiger partial charge in [0.25, 0.3) is 0 Å². The number of amides is 5. The average molecular weight is 432 g/mol. The van der Waals surface area contributed by atoms with Crippen LogP contribution in [0.3, 0.4) is 0 Å². The summed E-state index contributed by atoms with van der Waals surface area (Å²) in [5.74, 6) is -1.34. The molecule has 1 aliphatic heterocycles. The first-order valence-electron chi connectivity index (χ1n) is 10.2. The first-order chi connectivity index (χ1) is 14.8. The zero-order valence-electron chi connectivity index (χ0n) is 17.6. The number of rotatable bonds is 12. The zero-order chi connectivity index (χ0) is 22.6. The number of carbonyl (C=O) groups excluding carboxylic acids is 5. The lowest BCUT2D eigenvalue weighted by molar-refractivity contribution is -0.152. The highest BCUT2D eigenvalue weighted by Gasteiger charge is 2.29. The normalized spacial score (nSPS) is 12.7. The van der Waals surface area contributed by atoms with E-state index in [1.165, 1.54) is 11.8 Å². The molecule has 3 N–H and O–H groups in total. The van der Waals surface area contributed by atoms with E-state index in [9.17, 15) is 24.0 Å². The SMILES string of the molecule is CC(=O)NCCCOCCNC(=O)CC(=O)Nc1ccc(CC(=O)N2CCC2=O)cc1. The molecule has 1 fully saturated rings. The standard InChI is InChI=1S/C21H28N4O6/c1-15(26)22-8-2-11-31-12-9-23-18(27)14-19(28)24-17-5-3-16(4-6-17)13-21(30)25-10-7-20(25)29/h3-6H,2,7-14H2,1H3,(H,22,26)(H,23,27)(H,24,28). The Hall–Kier alpha value is -3.27. The molecule has 0 aromatic heterocycles. The molecule has 0 bridgehead atoms. The van der Waals surface area contributed by atoms with Gasteiger partial charge in [0.2, 0.25) is 29.5 Å². The van der Waals surface area contributed by atoms with E-state index >= 15 is 0 Å². The summed E-state index contributed by atoms with van der Waals surface area (Å²) in [5.41, 5.74) is 1.24. The highest BCUT2D eigenvalue weighted by Crippen LogP contribution is 2.14. The summed E-state index contributed by atoms with van der Waals surface area (Å²) in [5, 5.41) is 7.88. The largest absolute Gasteiger partial charge is 0.380 e. The Bertz CT molecular complexity index is 809. The van der Waals surface area contributed by atoms with E-state index in [0.717, 1.165) is 5.56 Å². The van der Waals surface area contributed by atoms with Gasteiger partial charge in [-0.1, -0.05) is 12.1 Å². The van der Waals surface area contributed by atoms with Gasteiger partial charge in [0, 0.05) is 45.3 Å². The van der Waals surface area contributed by atoms with Gasteiger partial charge in [-0.25, -0.2) is 0 Å². The van der Waals surface area contributed by atoms with Gasteiger partial charge in [-0.15, -0.1) is 0 Å². The van der Waals surface area contributed by atoms with E-state index in [0.29, 0.717) is 44.8 Å². The van der Waals surface area contributed by atoms with E-state index in [1.54, 1.807) is 24.3 Å². The predicted molar refractivity (Wildman–Crippen MR) is 112 cm³/mol. The lowest BCUT2D eigenvalue weighted by Crippen LogP contribution is -2.48. The Morgan fingerprint density at radius 3 is 2.35 bits per heavy atom. The number of hydrogen-bond donors (Lipinski definition) is 3. The van der Waals surface area contributed by atoms with E-state index in [2.05, 4.69) is 16.0 Å². The predicted octanol–water partition coefficient (Wildman–Crippen LogP) is -0.0244. The van der Waals surface area contributed by atoms with Crippen LogP contribution in [0.5, 0.6) is 0 Å². The molecule has 1 aromatic rings. The van der Waals surface area contributed by atoms with Crippen LogP contribution < -0.4 is 16.0 Å². The molecule has 0 saturated carbocycles. The summed E-state index contributed by atoms with van der Waals surface area (Å²) in [7, 11) is 0. The summed E-state index contributed by atoms with van der Waals surface area (Å²) >= 11 is 0. The number of benzene rings is 1. The van der Waals surface area contributed by atoms with Crippen LogP contribution in [0.1, 0.15) is 31.7 Å². The number of carbonyl (C=O) groups is 5. The number of hydrogen-bond acceptors (Lipinski definition) is 6. The minimum atomic E-state index is -0.455. The topological polar surface area (TPSA) is 134 Å². The average Bonchev–Trinajstić information content (AvgIpc) is 2.69. The Morgan fingerprint density at radius 2 is 1.74 bits per heavy atom. The van der Waals surface area contributed by atoms with Crippen LogP contribution in [0.2, 0.25) is 0 Å². The maximum Gasteiger partial charge on any atom is 0.233 e. The van der Waals surface area contributed by atoms with Gasteiger partial charge in [-0.3, -0.25) is 28.9 Å². The first kappa shape index (κ1) is 24.0. The molecular weight excluding hydrogens is 404 g/mol. The lowest BCUT2D eigenvalue weighted by atomic mass is 10.1. The van der Waals surface area contributed by atoms with E-state index in [-0.39, 0.29) is 37.1 Å². The maximum absolute atomic E-state index is 12.0. The minimum Gasteiger partial charge on any atom is -0.380 e. The quantitative estimate of drug-likeness (QED) is 0.241. The van der Waals surface area contributed by atoms with Crippen molar-refractivity contribution in [3.63, 3.8) is 0 Å². The third-order valence-corrected chi connectivity index (χ3v) is 4.47. The van der Waals surface area contributed by atoms with Gasteiger partial charge in [-0.2, -0.15) is 0 Å². The van der Waals surface area contributed by atoms with Crippen LogP contribution in [-0.2, 0) is 35.1 Å². The van der Waals surface area contributed by atoms with E-state index < -0.39 is 11.8 Å². The molecule has 0 radical (unpaired) electrons. The molecule has 0 unspecified atom stereocenters. The Morgan fingerprint density at radius 1 is 1.00 bits per heavy atom. The second-order valence-corrected chi connectivity index (χ2v) is 7.09. The molecule has 1 saturated heterocycles. The Kier molecular flexibility index (Phi) is 9.63. The van der Waals surface area contributed by atoms with E-state index in [4.69, 9.17) is 4.74 Å². The van der Waals surface area contributed by atoms with Crippen LogP contribution in [0.15, 0.2) is 24.3 Å². The van der Waals surface area contributed by atoms with Crippen molar-refractivity contribution in [3.8, 4) is 0 Å². The molecule has 0 aliphatic carbocycles. The van der Waals surface area contributed by atoms with Crippen LogP contribution >= 0.6 is 0 Å². The van der Waals surface area contributed by atoms with Gasteiger partial charge in [0.05, 0.1) is 13.0 Å². The summed E-state index contributed by atoms with van der Waals surface area (Å²) in [4.78, 5) is 59.0. The Balaban J connectivity index is 1.58. The first-order valence-corrected chi connectivity index (χ1v) is 10.2. The van der Waals surface area contributed by atoms with Crippen molar-refractivity contribution < 1.29 is 28.7 Å². The molecule has 10 heteroatoms. The molecule has 31 heavy (non-hydrogen) atoms. The summed E-state index contributed by atoms with van der Waals surface area (Å²) in [6.07, 6.45) is 0.897. The summed E-state index contributed by atoms with van der Waals surface area (Å²) < 4.78 is 5.32. The highest BCUT2D eigenvalue weighted by molar-refractivity contribution is 6.03. The summed E-state index contributed by atoms with van der Waals surface area (Å²) in [6, 6.07) is 6.68. The third-order valence-electron chi connectivity index (χ3n) is 4.47. The van der Waals surface area contributed by atoms with Crippen molar-refractivity contribution in [2.75, 3.05) is 38.2 Å². The summed E-state index contributed by atoms with van der Waals surface area (Å²) in [6.45, 7) is 3.52. The monoisotopic (exact) mass is 432 g/mol. The number of ether oxygens (including phenoxy) is 1. The van der Waals surface area contributed by atoms with Gasteiger partial charge in [0.1, 0.15) is 6.42 Å². The van der Waals surface area contributed by atoms with Crippen LogP contribution in [-0.4, -0.2) is 67.3 Å². The molecule has 1 heterocycles. The Labute approximate surface area is 180 Å². The van der Waals surface area contributed by atoms with Gasteiger partial charge in [-0.05, 0) is 24.1 Å². The molecule has 1 aromatic carbocycles. The third kappa shape index (κ3) is 8.95. The second kappa shape index (κ2) is 12.4. The molecule has 0 atom stereocenters. The van der Waals surface area contributed by atoms with Crippen molar-refractivity contribution in [3.05, 3.63) is 29.8 Å². The van der Waals surface area contributed by atoms with Crippen molar-refractivity contribution >= 4 is 35.2 Å². The van der Waals surface area contributed by atoms with Crippen LogP contribution in [0.4, 0.5) is 5.69 Å². The van der Waals surface area contributed by atoms with Crippen molar-refractivity contribution in [2.24, 2.45) is 0 Å². The lowest BCUT2D eigenvalue weighted by Gasteiger charge is -2.28. The maximum atomic E-state index is 12.0. The minimum absolute atomic E-state index is 0.0866. The highest BCUT2D eigenvalue weighted by atomic mass is 16.5. The van der Waals surface area contributed by atoms with Crippen molar-refractivity contribution in [2.45, 2.75) is 32.6 Å². The van der Waals surface area contributed by atoms with Gasteiger partial charge in [0.15, 0.2) is 0 Å².